The van der Waals surface area contributed by atoms with Gasteiger partial charge in [0, 0.05) is 34.8 Å². The normalized spacial score (nSPS) is 17.5. The van der Waals surface area contributed by atoms with Crippen LogP contribution in [0.3, 0.4) is 0 Å². The third kappa shape index (κ3) is 7.02. The van der Waals surface area contributed by atoms with Gasteiger partial charge in [-0.1, -0.05) is 49.7 Å². The number of carbonyl (C=O) groups is 2. The highest BCUT2D eigenvalue weighted by Gasteiger charge is 2.40. The van der Waals surface area contributed by atoms with Gasteiger partial charge in [0.2, 0.25) is 5.89 Å². The number of carboxylic acids is 1. The van der Waals surface area contributed by atoms with Gasteiger partial charge < -0.3 is 28.7 Å². The second kappa shape index (κ2) is 12.5. The molecule has 2 atom stereocenters. The average molecular weight is 618 g/mol. The lowest BCUT2D eigenvalue weighted by Gasteiger charge is -2.31. The Balaban J connectivity index is 1.77. The molecule has 0 saturated heterocycles. The van der Waals surface area contributed by atoms with Crippen LogP contribution in [0.4, 0.5) is 5.69 Å². The highest BCUT2D eigenvalue weighted by atomic mass is 35.5. The Morgan fingerprint density at radius 3 is 2.50 bits per heavy atom. The number of carboxylic acid groups (broad SMARTS) is 1. The van der Waals surface area contributed by atoms with Gasteiger partial charge in [-0.15, -0.1) is 11.8 Å². The summed E-state index contributed by atoms with van der Waals surface area (Å²) in [7, 11) is 3.11. The number of aromatic nitrogens is 2. The second-order valence-corrected chi connectivity index (χ2v) is 13.7. The Kier molecular flexibility index (Phi) is 9.44. The minimum atomic E-state index is -1.03. The summed E-state index contributed by atoms with van der Waals surface area (Å²) < 4.78 is 22.3. The standard InChI is InChI=1S/C30H36ClN3O7S/c1-29(2,3)16-34-20-12-11-17(31)13-19(20)25(18-9-8-10-21(38-6)26(18)39-7)40-22(27(34)35)14-23-32-24(41-33-23)15-42-30(4,5)28(36)37/h8-13,22,25H,14-16H2,1-7H3,(H,36,37)/t22-,25-/m1/s1. The van der Waals surface area contributed by atoms with Crippen LogP contribution in [0, 0.1) is 5.41 Å². The average Bonchev–Trinajstić information content (AvgIpc) is 3.35. The Hall–Kier alpha value is -3.28. The third-order valence-corrected chi connectivity index (χ3v) is 8.23. The van der Waals surface area contributed by atoms with E-state index in [2.05, 4.69) is 30.9 Å². The molecule has 42 heavy (non-hydrogen) atoms. The first kappa shape index (κ1) is 31.7. The first-order valence-electron chi connectivity index (χ1n) is 13.4. The number of benzene rings is 2. The Morgan fingerprint density at radius 2 is 1.86 bits per heavy atom. The summed E-state index contributed by atoms with van der Waals surface area (Å²) in [5.41, 5.74) is 1.81. The van der Waals surface area contributed by atoms with E-state index in [1.54, 1.807) is 51.2 Å². The molecule has 1 N–H and O–H groups in total. The van der Waals surface area contributed by atoms with Crippen molar-refractivity contribution in [3.05, 3.63) is 64.3 Å². The fourth-order valence-corrected chi connectivity index (χ4v) is 5.51. The van der Waals surface area contributed by atoms with Crippen LogP contribution in [-0.2, 0) is 26.5 Å². The predicted molar refractivity (Wildman–Crippen MR) is 161 cm³/mol. The van der Waals surface area contributed by atoms with Crippen LogP contribution in [0.2, 0.25) is 5.02 Å². The lowest BCUT2D eigenvalue weighted by molar-refractivity contribution is -0.138. The molecule has 0 aliphatic carbocycles. The molecule has 1 aliphatic rings. The van der Waals surface area contributed by atoms with Crippen molar-refractivity contribution in [3.63, 3.8) is 0 Å². The number of hydrogen-bond donors (Lipinski definition) is 1. The lowest BCUT2D eigenvalue weighted by atomic mass is 9.94. The van der Waals surface area contributed by atoms with Gasteiger partial charge >= 0.3 is 5.97 Å². The summed E-state index contributed by atoms with van der Waals surface area (Å²) in [6, 6.07) is 10.9. The number of aliphatic carboxylic acids is 1. The zero-order valence-corrected chi connectivity index (χ0v) is 26.3. The Morgan fingerprint density at radius 1 is 1.12 bits per heavy atom. The maximum absolute atomic E-state index is 14.2. The fourth-order valence-electron chi connectivity index (χ4n) is 4.60. The summed E-state index contributed by atoms with van der Waals surface area (Å²) >= 11 is 7.66. The van der Waals surface area contributed by atoms with Gasteiger partial charge in [-0.05, 0) is 43.5 Å². The molecular formula is C30H36ClN3O7S. The van der Waals surface area contributed by atoms with Crippen molar-refractivity contribution in [1.82, 2.24) is 10.1 Å². The molecule has 1 aliphatic heterocycles. The van der Waals surface area contributed by atoms with E-state index in [0.717, 1.165) is 0 Å². The molecule has 0 saturated carbocycles. The molecule has 10 nitrogen and oxygen atoms in total. The maximum atomic E-state index is 14.2. The smallest absolute Gasteiger partial charge is 0.319 e. The number of anilines is 1. The van der Waals surface area contributed by atoms with E-state index < -0.39 is 22.9 Å². The van der Waals surface area contributed by atoms with E-state index in [9.17, 15) is 14.7 Å². The second-order valence-electron chi connectivity index (χ2n) is 11.7. The molecule has 4 rings (SSSR count). The van der Waals surface area contributed by atoms with Gasteiger partial charge in [0.1, 0.15) is 17.0 Å². The van der Waals surface area contributed by atoms with Gasteiger partial charge in [0.05, 0.1) is 20.0 Å². The van der Waals surface area contributed by atoms with Crippen molar-refractivity contribution in [2.45, 2.75) is 63.7 Å². The topological polar surface area (TPSA) is 124 Å². The van der Waals surface area contributed by atoms with Gasteiger partial charge in [-0.2, -0.15) is 4.98 Å². The molecule has 3 aromatic rings. The number of methoxy groups -OCH3 is 2. The Labute approximate surface area is 254 Å². The summed E-state index contributed by atoms with van der Waals surface area (Å²) in [5.74, 6) is 0.533. The van der Waals surface area contributed by atoms with Crippen LogP contribution in [0.1, 0.15) is 63.6 Å². The first-order chi connectivity index (χ1) is 19.7. The zero-order valence-electron chi connectivity index (χ0n) is 24.8. The summed E-state index contributed by atoms with van der Waals surface area (Å²) in [5, 5.41) is 14.0. The van der Waals surface area contributed by atoms with Crippen molar-refractivity contribution in [2.75, 3.05) is 25.7 Å². The molecule has 0 spiro atoms. The molecule has 1 aromatic heterocycles. The SMILES string of the molecule is COc1cccc([C@H]2O[C@H](Cc3noc(CSC(C)(C)C(=O)O)n3)C(=O)N(CC(C)(C)C)c3ccc(Cl)cc32)c1OC. The van der Waals surface area contributed by atoms with Crippen LogP contribution >= 0.6 is 23.4 Å². The van der Waals surface area contributed by atoms with E-state index in [4.69, 9.17) is 30.3 Å². The molecule has 12 heteroatoms. The van der Waals surface area contributed by atoms with E-state index in [-0.39, 0.29) is 35.2 Å². The van der Waals surface area contributed by atoms with Crippen molar-refractivity contribution >= 4 is 40.9 Å². The van der Waals surface area contributed by atoms with Crippen molar-refractivity contribution in [2.24, 2.45) is 5.41 Å². The number of thioether (sulfide) groups is 1. The number of ether oxygens (including phenoxy) is 3. The first-order valence-corrected chi connectivity index (χ1v) is 14.8. The largest absolute Gasteiger partial charge is 0.493 e. The van der Waals surface area contributed by atoms with Gasteiger partial charge in [0.15, 0.2) is 17.3 Å². The van der Waals surface area contributed by atoms with Crippen LogP contribution in [0.25, 0.3) is 0 Å². The molecule has 226 valence electrons. The van der Waals surface area contributed by atoms with E-state index in [0.29, 0.717) is 39.9 Å². The van der Waals surface area contributed by atoms with Crippen molar-refractivity contribution in [1.29, 1.82) is 0 Å². The number of rotatable bonds is 10. The number of nitrogens with zero attached hydrogens (tertiary/aromatic N) is 3. The fraction of sp³-hybridized carbons (Fsp3) is 0.467. The predicted octanol–water partition coefficient (Wildman–Crippen LogP) is 5.95. The third-order valence-electron chi connectivity index (χ3n) is 6.70. The van der Waals surface area contributed by atoms with Crippen LogP contribution in [0.15, 0.2) is 40.9 Å². The van der Waals surface area contributed by atoms with Crippen molar-refractivity contribution < 1.29 is 33.4 Å². The quantitative estimate of drug-likeness (QED) is 0.292. The van der Waals surface area contributed by atoms with Crippen LogP contribution in [0.5, 0.6) is 11.5 Å². The molecule has 1 amide bonds. The molecule has 2 aromatic carbocycles. The molecule has 2 heterocycles. The summed E-state index contributed by atoms with van der Waals surface area (Å²) in [4.78, 5) is 31.9. The zero-order chi connectivity index (χ0) is 30.8. The molecule has 0 fully saturated rings. The number of hydrogen-bond acceptors (Lipinski definition) is 9. The van der Waals surface area contributed by atoms with E-state index in [1.165, 1.54) is 11.8 Å². The molecule has 0 unspecified atom stereocenters. The number of halogens is 1. The van der Waals surface area contributed by atoms with Gasteiger partial charge in [-0.25, -0.2) is 0 Å². The lowest BCUT2D eigenvalue weighted by Crippen LogP contribution is -2.44. The van der Waals surface area contributed by atoms with Gasteiger partial charge in [0.25, 0.3) is 5.91 Å². The number of para-hydroxylation sites is 1. The summed E-state index contributed by atoms with van der Waals surface area (Å²) in [6.07, 6.45) is -1.71. The highest BCUT2D eigenvalue weighted by molar-refractivity contribution is 8.00. The Bertz CT molecular complexity index is 1450. The van der Waals surface area contributed by atoms with Crippen LogP contribution < -0.4 is 14.4 Å². The molecule has 0 radical (unpaired) electrons. The van der Waals surface area contributed by atoms with Crippen molar-refractivity contribution in [3.8, 4) is 11.5 Å². The molecule has 0 bridgehead atoms. The minimum Gasteiger partial charge on any atom is -0.493 e. The minimum absolute atomic E-state index is 0.0282. The number of carbonyl (C=O) groups excluding carboxylic acids is 1. The number of amides is 1. The maximum Gasteiger partial charge on any atom is 0.319 e. The van der Waals surface area contributed by atoms with Gasteiger partial charge in [-0.3, -0.25) is 9.59 Å². The summed E-state index contributed by atoms with van der Waals surface area (Å²) in [6.45, 7) is 9.80. The van der Waals surface area contributed by atoms with Crippen LogP contribution in [-0.4, -0.2) is 58.7 Å². The van der Waals surface area contributed by atoms with E-state index in [1.807, 2.05) is 18.2 Å². The highest BCUT2D eigenvalue weighted by Crippen LogP contribution is 2.45. The van der Waals surface area contributed by atoms with E-state index >= 15 is 0 Å². The number of fused-ring (bicyclic) bond motifs is 1. The monoisotopic (exact) mass is 617 g/mol. The molecular weight excluding hydrogens is 582 g/mol.